The number of hydrogen-bond acceptors (Lipinski definition) is 5. The van der Waals surface area contributed by atoms with Crippen molar-refractivity contribution in [3.8, 4) is 0 Å². The van der Waals surface area contributed by atoms with E-state index in [2.05, 4.69) is 27.8 Å². The summed E-state index contributed by atoms with van der Waals surface area (Å²) in [6, 6.07) is 10.2. The lowest BCUT2D eigenvalue weighted by Gasteiger charge is -2.12. The van der Waals surface area contributed by atoms with Crippen LogP contribution < -0.4 is 10.6 Å². The maximum atomic E-state index is 10.5. The Labute approximate surface area is 165 Å². The predicted octanol–water partition coefficient (Wildman–Crippen LogP) is 2.93. The van der Waals surface area contributed by atoms with Crippen LogP contribution in [0.15, 0.2) is 35.3 Å². The molecule has 1 atom stereocenters. The highest BCUT2D eigenvalue weighted by Gasteiger charge is 2.11. The summed E-state index contributed by atoms with van der Waals surface area (Å²) >= 11 is 1.62. The average Bonchev–Trinajstić information content (AvgIpc) is 3.12. The summed E-state index contributed by atoms with van der Waals surface area (Å²) in [5.74, 6) is 0.734. The Balaban J connectivity index is 1.75. The molecular weight excluding hydrogens is 362 g/mol. The zero-order chi connectivity index (χ0) is 19.3. The van der Waals surface area contributed by atoms with Crippen LogP contribution in [0.5, 0.6) is 0 Å². The zero-order valence-electron chi connectivity index (χ0n) is 16.2. The van der Waals surface area contributed by atoms with Gasteiger partial charge in [0, 0.05) is 36.4 Å². The van der Waals surface area contributed by atoms with Gasteiger partial charge in [0.25, 0.3) is 0 Å². The quantitative estimate of drug-likeness (QED) is 0.294. The summed E-state index contributed by atoms with van der Waals surface area (Å²) in [4.78, 5) is 5.47. The van der Waals surface area contributed by atoms with Crippen LogP contribution in [0.2, 0.25) is 0 Å². The molecule has 0 radical (unpaired) electrons. The number of nitrogens with one attached hydrogen (secondary N) is 2. The van der Waals surface area contributed by atoms with Crippen molar-refractivity contribution in [2.24, 2.45) is 4.99 Å². The van der Waals surface area contributed by atoms with E-state index in [0.29, 0.717) is 19.8 Å². The molecule has 2 rings (SSSR count). The SMILES string of the molecule is CCNC(=NCC(O)c1cc2ccccc2s1)NCCCCOCCOC. The number of hydrogen-bond donors (Lipinski definition) is 3. The summed E-state index contributed by atoms with van der Waals surface area (Å²) < 4.78 is 11.6. The molecule has 0 fully saturated rings. The van der Waals surface area contributed by atoms with E-state index in [0.717, 1.165) is 43.4 Å². The first-order chi connectivity index (χ1) is 13.2. The number of guanidine groups is 1. The molecule has 7 heteroatoms. The smallest absolute Gasteiger partial charge is 0.191 e. The van der Waals surface area contributed by atoms with Gasteiger partial charge in [0.15, 0.2) is 5.96 Å². The Hall–Kier alpha value is -1.67. The Morgan fingerprint density at radius 1 is 1.19 bits per heavy atom. The fourth-order valence-electron chi connectivity index (χ4n) is 2.56. The van der Waals surface area contributed by atoms with Gasteiger partial charge in [-0.1, -0.05) is 18.2 Å². The molecule has 0 aliphatic rings. The van der Waals surface area contributed by atoms with E-state index in [9.17, 15) is 5.11 Å². The van der Waals surface area contributed by atoms with Crippen LogP contribution in [0.25, 0.3) is 10.1 Å². The van der Waals surface area contributed by atoms with Crippen molar-refractivity contribution >= 4 is 27.4 Å². The Bertz CT molecular complexity index is 657. The first-order valence-corrected chi connectivity index (χ1v) is 10.3. The summed E-state index contributed by atoms with van der Waals surface area (Å²) in [7, 11) is 1.67. The summed E-state index contributed by atoms with van der Waals surface area (Å²) in [6.45, 7) is 5.99. The second kappa shape index (κ2) is 12.7. The van der Waals surface area contributed by atoms with E-state index >= 15 is 0 Å². The largest absolute Gasteiger partial charge is 0.386 e. The molecule has 0 aliphatic heterocycles. The molecule has 0 aliphatic carbocycles. The lowest BCUT2D eigenvalue weighted by Crippen LogP contribution is -2.38. The second-order valence-corrected chi connectivity index (χ2v) is 7.28. The highest BCUT2D eigenvalue weighted by Crippen LogP contribution is 2.29. The van der Waals surface area contributed by atoms with Crippen molar-refractivity contribution in [1.82, 2.24) is 10.6 Å². The molecule has 6 nitrogen and oxygen atoms in total. The summed E-state index contributed by atoms with van der Waals surface area (Å²) in [5, 5.41) is 18.2. The molecule has 0 bridgehead atoms. The number of methoxy groups -OCH3 is 1. The second-order valence-electron chi connectivity index (χ2n) is 6.16. The van der Waals surface area contributed by atoms with Gasteiger partial charge in [0.05, 0.1) is 19.8 Å². The first-order valence-electron chi connectivity index (χ1n) is 9.50. The molecule has 0 spiro atoms. The number of nitrogens with zero attached hydrogens (tertiary/aromatic N) is 1. The zero-order valence-corrected chi connectivity index (χ0v) is 17.1. The minimum atomic E-state index is -0.591. The normalized spacial score (nSPS) is 13.1. The van der Waals surface area contributed by atoms with E-state index in [4.69, 9.17) is 9.47 Å². The van der Waals surface area contributed by atoms with Gasteiger partial charge in [-0.05, 0) is 37.3 Å². The van der Waals surface area contributed by atoms with E-state index in [-0.39, 0.29) is 0 Å². The van der Waals surface area contributed by atoms with Crippen LogP contribution in [-0.2, 0) is 9.47 Å². The fourth-order valence-corrected chi connectivity index (χ4v) is 3.60. The standard InChI is InChI=1S/C20H31N3O3S/c1-3-21-20(22-10-6-7-11-26-13-12-25-2)23-15-17(24)19-14-16-8-4-5-9-18(16)27-19/h4-5,8-9,14,17,24H,3,6-7,10-13,15H2,1-2H3,(H2,21,22,23). The molecule has 1 aromatic carbocycles. The molecule has 27 heavy (non-hydrogen) atoms. The maximum absolute atomic E-state index is 10.5. The van der Waals surface area contributed by atoms with E-state index in [1.807, 2.05) is 25.1 Å². The van der Waals surface area contributed by atoms with Crippen LogP contribution >= 0.6 is 11.3 Å². The minimum Gasteiger partial charge on any atom is -0.386 e. The lowest BCUT2D eigenvalue weighted by molar-refractivity contribution is 0.0689. The van der Waals surface area contributed by atoms with Crippen molar-refractivity contribution in [2.45, 2.75) is 25.9 Å². The molecule has 3 N–H and O–H groups in total. The first kappa shape index (κ1) is 21.6. The summed E-state index contributed by atoms with van der Waals surface area (Å²) in [6.07, 6.45) is 1.39. The highest BCUT2D eigenvalue weighted by molar-refractivity contribution is 7.19. The monoisotopic (exact) mass is 393 g/mol. The van der Waals surface area contributed by atoms with Gasteiger partial charge in [-0.15, -0.1) is 11.3 Å². The third-order valence-corrected chi connectivity index (χ3v) is 5.20. The van der Waals surface area contributed by atoms with E-state index in [1.54, 1.807) is 18.4 Å². The number of ether oxygens (including phenoxy) is 2. The van der Waals surface area contributed by atoms with E-state index < -0.39 is 6.10 Å². The minimum absolute atomic E-state index is 0.336. The molecule has 0 saturated heterocycles. The van der Waals surface area contributed by atoms with Crippen LogP contribution in [0, 0.1) is 0 Å². The van der Waals surface area contributed by atoms with Crippen LogP contribution in [-0.4, -0.2) is 57.6 Å². The molecule has 1 aromatic heterocycles. The highest BCUT2D eigenvalue weighted by atomic mass is 32.1. The van der Waals surface area contributed by atoms with Crippen molar-refractivity contribution in [1.29, 1.82) is 0 Å². The third-order valence-electron chi connectivity index (χ3n) is 3.98. The van der Waals surface area contributed by atoms with Gasteiger partial charge in [-0.3, -0.25) is 4.99 Å². The van der Waals surface area contributed by atoms with Gasteiger partial charge in [-0.25, -0.2) is 0 Å². The topological polar surface area (TPSA) is 75.1 Å². The van der Waals surface area contributed by atoms with Gasteiger partial charge in [-0.2, -0.15) is 0 Å². The Morgan fingerprint density at radius 2 is 2.04 bits per heavy atom. The van der Waals surface area contributed by atoms with Gasteiger partial charge < -0.3 is 25.2 Å². The molecule has 1 unspecified atom stereocenters. The number of fused-ring (bicyclic) bond motifs is 1. The third kappa shape index (κ3) is 7.84. The molecule has 0 amide bonds. The van der Waals surface area contributed by atoms with Crippen molar-refractivity contribution < 1.29 is 14.6 Å². The molecule has 1 heterocycles. The number of aliphatic hydroxyl groups excluding tert-OH is 1. The maximum Gasteiger partial charge on any atom is 0.191 e. The van der Waals surface area contributed by atoms with Gasteiger partial charge >= 0.3 is 0 Å². The lowest BCUT2D eigenvalue weighted by atomic mass is 10.2. The molecule has 150 valence electrons. The number of rotatable bonds is 12. The van der Waals surface area contributed by atoms with Gasteiger partial charge in [0.2, 0.25) is 0 Å². The average molecular weight is 394 g/mol. The number of aliphatic imine (C=N–C) groups is 1. The van der Waals surface area contributed by atoms with Crippen LogP contribution in [0.4, 0.5) is 0 Å². The van der Waals surface area contributed by atoms with Crippen LogP contribution in [0.1, 0.15) is 30.7 Å². The fraction of sp³-hybridized carbons (Fsp3) is 0.550. The molecule has 0 saturated carbocycles. The summed E-state index contributed by atoms with van der Waals surface area (Å²) in [5.41, 5.74) is 0. The van der Waals surface area contributed by atoms with Crippen molar-refractivity contribution in [3.63, 3.8) is 0 Å². The van der Waals surface area contributed by atoms with Gasteiger partial charge in [0.1, 0.15) is 6.10 Å². The van der Waals surface area contributed by atoms with Crippen LogP contribution in [0.3, 0.4) is 0 Å². The Morgan fingerprint density at radius 3 is 2.81 bits per heavy atom. The molecular formula is C20H31N3O3S. The number of unbranched alkanes of at least 4 members (excludes halogenated alkanes) is 1. The predicted molar refractivity (Wildman–Crippen MR) is 113 cm³/mol. The van der Waals surface area contributed by atoms with Crippen molar-refractivity contribution in [2.75, 3.05) is 46.6 Å². The molecule has 2 aromatic rings. The van der Waals surface area contributed by atoms with Crippen molar-refractivity contribution in [3.05, 3.63) is 35.2 Å². The van der Waals surface area contributed by atoms with E-state index in [1.165, 1.54) is 10.1 Å². The number of thiophene rings is 1. The number of aliphatic hydroxyl groups is 1. The Kier molecular flexibility index (Phi) is 10.1. The number of benzene rings is 1.